The fourth-order valence-corrected chi connectivity index (χ4v) is 1.28. The molecule has 2 N–H and O–H groups in total. The van der Waals surface area contributed by atoms with E-state index < -0.39 is 0 Å². The molecule has 4 nitrogen and oxygen atoms in total. The molecule has 13 heavy (non-hydrogen) atoms. The number of nitrogens with one attached hydrogen (secondary N) is 2. The zero-order valence-corrected chi connectivity index (χ0v) is 8.76. The molecule has 0 aromatic rings. The molecule has 0 aromatic carbocycles. The van der Waals surface area contributed by atoms with Crippen molar-refractivity contribution in [3.05, 3.63) is 11.8 Å². The van der Waals surface area contributed by atoms with Crippen LogP contribution in [0.3, 0.4) is 0 Å². The molecule has 74 valence electrons. The van der Waals surface area contributed by atoms with E-state index in [9.17, 15) is 0 Å². The van der Waals surface area contributed by atoms with Crippen molar-refractivity contribution >= 4 is 5.96 Å². The van der Waals surface area contributed by atoms with Crippen LogP contribution in [0.15, 0.2) is 16.8 Å². The van der Waals surface area contributed by atoms with Crippen LogP contribution in [-0.4, -0.2) is 37.7 Å². The van der Waals surface area contributed by atoms with Crippen LogP contribution < -0.4 is 10.6 Å². The molecule has 0 aliphatic carbocycles. The number of guanidine groups is 1. The van der Waals surface area contributed by atoms with Gasteiger partial charge in [-0.05, 0) is 27.0 Å². The van der Waals surface area contributed by atoms with Gasteiger partial charge in [-0.2, -0.15) is 0 Å². The van der Waals surface area contributed by atoms with Crippen molar-refractivity contribution in [3.63, 3.8) is 0 Å². The van der Waals surface area contributed by atoms with Gasteiger partial charge in [0.05, 0.1) is 6.67 Å². The number of rotatable bonds is 2. The molecule has 1 atom stereocenters. The van der Waals surface area contributed by atoms with Crippen molar-refractivity contribution in [2.75, 3.05) is 20.8 Å². The van der Waals surface area contributed by atoms with E-state index in [0.717, 1.165) is 5.96 Å². The van der Waals surface area contributed by atoms with Gasteiger partial charge in [0.15, 0.2) is 5.96 Å². The number of nitrogens with zero attached hydrogens (tertiary/aromatic N) is 2. The second-order valence-electron chi connectivity index (χ2n) is 3.32. The SMILES string of the molecule is CNCN=C1NC(C)=CC(C)N1C. The van der Waals surface area contributed by atoms with E-state index in [0.29, 0.717) is 12.7 Å². The zero-order chi connectivity index (χ0) is 9.84. The Bertz CT molecular complexity index is 232. The summed E-state index contributed by atoms with van der Waals surface area (Å²) in [6, 6.07) is 0.414. The van der Waals surface area contributed by atoms with Crippen molar-refractivity contribution in [3.8, 4) is 0 Å². The van der Waals surface area contributed by atoms with Gasteiger partial charge in [-0.25, -0.2) is 4.99 Å². The maximum Gasteiger partial charge on any atom is 0.199 e. The lowest BCUT2D eigenvalue weighted by molar-refractivity contribution is 0.421. The predicted molar refractivity (Wildman–Crippen MR) is 55.5 cm³/mol. The summed E-state index contributed by atoms with van der Waals surface area (Å²) in [6.45, 7) is 4.85. The van der Waals surface area contributed by atoms with Crippen molar-refractivity contribution in [1.82, 2.24) is 15.5 Å². The van der Waals surface area contributed by atoms with E-state index in [1.165, 1.54) is 5.70 Å². The molecule has 0 fully saturated rings. The Kier molecular flexibility index (Phi) is 3.31. The second-order valence-corrected chi connectivity index (χ2v) is 3.32. The standard InChI is InChI=1S/C9H18N4/c1-7-5-8(2)13(4)9(12-7)11-6-10-3/h5,8,10H,6H2,1-4H3,(H,11,12). The van der Waals surface area contributed by atoms with Gasteiger partial charge in [0, 0.05) is 18.8 Å². The molecule has 0 saturated carbocycles. The number of allylic oxidation sites excluding steroid dienone is 1. The number of hydrogen-bond acceptors (Lipinski definition) is 2. The first kappa shape index (κ1) is 10.1. The van der Waals surface area contributed by atoms with Gasteiger partial charge in [-0.1, -0.05) is 0 Å². The van der Waals surface area contributed by atoms with E-state index >= 15 is 0 Å². The maximum absolute atomic E-state index is 4.36. The fraction of sp³-hybridized carbons (Fsp3) is 0.667. The highest BCUT2D eigenvalue weighted by atomic mass is 15.3. The lowest BCUT2D eigenvalue weighted by Gasteiger charge is -2.31. The Labute approximate surface area is 79.7 Å². The predicted octanol–water partition coefficient (Wildman–Crippen LogP) is 0.347. The summed E-state index contributed by atoms with van der Waals surface area (Å²) in [5, 5.41) is 6.22. The molecule has 1 aliphatic rings. The minimum Gasteiger partial charge on any atom is -0.340 e. The molecular weight excluding hydrogens is 164 g/mol. The zero-order valence-electron chi connectivity index (χ0n) is 8.76. The summed E-state index contributed by atoms with van der Waals surface area (Å²) in [5.74, 6) is 0.932. The molecule has 0 radical (unpaired) electrons. The molecule has 1 unspecified atom stereocenters. The molecule has 4 heteroatoms. The summed E-state index contributed by atoms with van der Waals surface area (Å²) < 4.78 is 0. The van der Waals surface area contributed by atoms with Crippen LogP contribution in [-0.2, 0) is 0 Å². The van der Waals surface area contributed by atoms with Gasteiger partial charge in [-0.3, -0.25) is 0 Å². The van der Waals surface area contributed by atoms with Crippen LogP contribution in [0, 0.1) is 0 Å². The summed E-state index contributed by atoms with van der Waals surface area (Å²) in [7, 11) is 3.92. The van der Waals surface area contributed by atoms with Gasteiger partial charge in [0.25, 0.3) is 0 Å². The van der Waals surface area contributed by atoms with Crippen molar-refractivity contribution in [2.45, 2.75) is 19.9 Å². The Hall–Kier alpha value is -1.03. The summed E-state index contributed by atoms with van der Waals surface area (Å²) >= 11 is 0. The molecular formula is C9H18N4. The normalized spacial score (nSPS) is 25.8. The molecule has 0 aromatic heterocycles. The van der Waals surface area contributed by atoms with Crippen LogP contribution in [0.5, 0.6) is 0 Å². The quantitative estimate of drug-likeness (QED) is 0.647. The molecule has 1 heterocycles. The van der Waals surface area contributed by atoms with Crippen molar-refractivity contribution in [2.24, 2.45) is 4.99 Å². The average Bonchev–Trinajstić information content (AvgIpc) is 2.09. The first-order valence-corrected chi connectivity index (χ1v) is 4.52. The Balaban J connectivity index is 2.71. The highest BCUT2D eigenvalue weighted by Crippen LogP contribution is 2.07. The third-order valence-electron chi connectivity index (χ3n) is 2.13. The number of aliphatic imine (C=N–C) groups is 1. The van der Waals surface area contributed by atoms with E-state index in [1.54, 1.807) is 0 Å². The van der Waals surface area contributed by atoms with E-state index in [-0.39, 0.29) is 0 Å². The van der Waals surface area contributed by atoms with Gasteiger partial charge < -0.3 is 15.5 Å². The fourth-order valence-electron chi connectivity index (χ4n) is 1.28. The molecule has 0 saturated heterocycles. The van der Waals surface area contributed by atoms with Gasteiger partial charge in [0.2, 0.25) is 0 Å². The lowest BCUT2D eigenvalue weighted by atomic mass is 10.2. The average molecular weight is 182 g/mol. The third-order valence-corrected chi connectivity index (χ3v) is 2.13. The lowest BCUT2D eigenvalue weighted by Crippen LogP contribution is -2.46. The molecule has 0 spiro atoms. The first-order valence-electron chi connectivity index (χ1n) is 4.52. The van der Waals surface area contributed by atoms with Crippen LogP contribution in [0.2, 0.25) is 0 Å². The maximum atomic E-state index is 4.36. The van der Waals surface area contributed by atoms with Crippen LogP contribution in [0.1, 0.15) is 13.8 Å². The highest BCUT2D eigenvalue weighted by Gasteiger charge is 2.16. The molecule has 1 rings (SSSR count). The van der Waals surface area contributed by atoms with E-state index in [1.807, 2.05) is 14.1 Å². The third kappa shape index (κ3) is 2.45. The number of likely N-dealkylation sites (N-methyl/N-ethyl adjacent to an activating group) is 1. The largest absolute Gasteiger partial charge is 0.340 e. The molecule has 0 bridgehead atoms. The first-order chi connectivity index (χ1) is 6.15. The second kappa shape index (κ2) is 4.28. The van der Waals surface area contributed by atoms with Crippen molar-refractivity contribution in [1.29, 1.82) is 0 Å². The minimum atomic E-state index is 0.414. The summed E-state index contributed by atoms with van der Waals surface area (Å²) in [4.78, 5) is 6.48. The van der Waals surface area contributed by atoms with Crippen molar-refractivity contribution < 1.29 is 0 Å². The van der Waals surface area contributed by atoms with E-state index in [4.69, 9.17) is 0 Å². The topological polar surface area (TPSA) is 39.7 Å². The van der Waals surface area contributed by atoms with Gasteiger partial charge in [-0.15, -0.1) is 0 Å². The Morgan fingerprint density at radius 1 is 1.69 bits per heavy atom. The monoisotopic (exact) mass is 182 g/mol. The van der Waals surface area contributed by atoms with E-state index in [2.05, 4.69) is 40.4 Å². The van der Waals surface area contributed by atoms with Crippen LogP contribution >= 0.6 is 0 Å². The highest BCUT2D eigenvalue weighted by molar-refractivity contribution is 5.83. The van der Waals surface area contributed by atoms with Crippen LogP contribution in [0.4, 0.5) is 0 Å². The molecule has 1 aliphatic heterocycles. The van der Waals surface area contributed by atoms with Gasteiger partial charge >= 0.3 is 0 Å². The smallest absolute Gasteiger partial charge is 0.199 e. The summed E-state index contributed by atoms with van der Waals surface area (Å²) in [5.41, 5.74) is 1.17. The summed E-state index contributed by atoms with van der Waals surface area (Å²) in [6.07, 6.45) is 2.18. The Morgan fingerprint density at radius 2 is 2.38 bits per heavy atom. The molecule has 0 amide bonds. The van der Waals surface area contributed by atoms with Crippen LogP contribution in [0.25, 0.3) is 0 Å². The number of hydrogen-bond donors (Lipinski definition) is 2. The minimum absolute atomic E-state index is 0.414. The van der Waals surface area contributed by atoms with Gasteiger partial charge in [0.1, 0.15) is 0 Å². The Morgan fingerprint density at radius 3 is 3.00 bits per heavy atom.